The van der Waals surface area contributed by atoms with Crippen molar-refractivity contribution >= 4 is 14.3 Å². The molecule has 1 aromatic carbocycles. The molecule has 0 N–H and O–H groups in total. The SMILES string of the molecule is C[Si](C)(C)O[C@@]12C[C@@H](OC1=O)[C@@H]1O[C@H](c3ccccc3)O[C@@H]1C2. The highest BCUT2D eigenvalue weighted by Gasteiger charge is 2.63. The Balaban J connectivity index is 1.57. The molecule has 5 atom stereocenters. The maximum Gasteiger partial charge on any atom is 0.337 e. The third kappa shape index (κ3) is 2.63. The number of hydrogen-bond acceptors (Lipinski definition) is 5. The van der Waals surface area contributed by atoms with Gasteiger partial charge in [-0.2, -0.15) is 0 Å². The Bertz CT molecular complexity index is 613. The summed E-state index contributed by atoms with van der Waals surface area (Å²) in [6.45, 7) is 6.27. The molecule has 2 heterocycles. The summed E-state index contributed by atoms with van der Waals surface area (Å²) in [6.07, 6.45) is 0.0502. The molecule has 2 saturated heterocycles. The maximum absolute atomic E-state index is 12.4. The van der Waals surface area contributed by atoms with Gasteiger partial charge >= 0.3 is 5.97 Å². The standard InChI is InChI=1S/C17H22O5Si/c1-23(2,3)22-17-9-12-14(13(10-17)20-16(17)18)21-15(19-12)11-7-5-4-6-8-11/h4-8,12-15H,9-10H2,1-3H3/t12-,13-,14-,15-,17+/m1/s1. The van der Waals surface area contributed by atoms with Crippen LogP contribution in [0.25, 0.3) is 0 Å². The molecular formula is C17H22O5Si. The van der Waals surface area contributed by atoms with Crippen LogP contribution >= 0.6 is 0 Å². The third-order valence-corrected chi connectivity index (χ3v) is 5.58. The second kappa shape index (κ2) is 5.14. The van der Waals surface area contributed by atoms with Crippen molar-refractivity contribution in [2.24, 2.45) is 0 Å². The summed E-state index contributed by atoms with van der Waals surface area (Å²) in [5.74, 6) is -0.247. The summed E-state index contributed by atoms with van der Waals surface area (Å²) in [7, 11) is -1.88. The lowest BCUT2D eigenvalue weighted by atomic mass is 9.82. The van der Waals surface area contributed by atoms with Crippen LogP contribution in [0, 0.1) is 0 Å². The summed E-state index contributed by atoms with van der Waals surface area (Å²) >= 11 is 0. The molecule has 23 heavy (non-hydrogen) atoms. The normalized spacial score (nSPS) is 39.2. The van der Waals surface area contributed by atoms with Crippen LogP contribution in [0.1, 0.15) is 24.7 Å². The van der Waals surface area contributed by atoms with E-state index in [9.17, 15) is 4.79 Å². The Kier molecular flexibility index (Phi) is 3.43. The van der Waals surface area contributed by atoms with E-state index in [0.29, 0.717) is 12.8 Å². The number of ether oxygens (including phenoxy) is 3. The van der Waals surface area contributed by atoms with Gasteiger partial charge in [-0.15, -0.1) is 0 Å². The van der Waals surface area contributed by atoms with Gasteiger partial charge in [0.25, 0.3) is 0 Å². The number of benzene rings is 1. The van der Waals surface area contributed by atoms with Crippen molar-refractivity contribution < 1.29 is 23.4 Å². The average Bonchev–Trinajstić information content (AvgIpc) is 3.00. The van der Waals surface area contributed by atoms with Crippen molar-refractivity contribution in [2.75, 3.05) is 0 Å². The van der Waals surface area contributed by atoms with Gasteiger partial charge in [0.15, 0.2) is 20.2 Å². The summed E-state index contributed by atoms with van der Waals surface area (Å²) in [4.78, 5) is 12.4. The minimum atomic E-state index is -1.88. The Morgan fingerprint density at radius 3 is 2.48 bits per heavy atom. The van der Waals surface area contributed by atoms with E-state index in [-0.39, 0.29) is 24.3 Å². The van der Waals surface area contributed by atoms with Crippen LogP contribution in [0.3, 0.4) is 0 Å². The zero-order chi connectivity index (χ0) is 16.2. The van der Waals surface area contributed by atoms with Crippen LogP contribution in [0.4, 0.5) is 0 Å². The molecule has 6 heteroatoms. The first-order chi connectivity index (χ1) is 10.9. The van der Waals surface area contributed by atoms with Crippen molar-refractivity contribution in [1.82, 2.24) is 0 Å². The molecular weight excluding hydrogens is 312 g/mol. The molecule has 0 unspecified atom stereocenters. The van der Waals surface area contributed by atoms with Crippen LogP contribution in [-0.2, 0) is 23.4 Å². The molecule has 0 radical (unpaired) electrons. The average molecular weight is 334 g/mol. The van der Waals surface area contributed by atoms with Gasteiger partial charge in [-0.3, -0.25) is 0 Å². The molecule has 1 aromatic rings. The monoisotopic (exact) mass is 334 g/mol. The van der Waals surface area contributed by atoms with Crippen molar-refractivity contribution in [1.29, 1.82) is 0 Å². The fourth-order valence-electron chi connectivity index (χ4n) is 3.84. The van der Waals surface area contributed by atoms with Gasteiger partial charge in [-0.1, -0.05) is 30.3 Å². The molecule has 4 rings (SSSR count). The van der Waals surface area contributed by atoms with E-state index in [1.807, 2.05) is 30.3 Å². The number of carbonyl (C=O) groups is 1. The van der Waals surface area contributed by atoms with Gasteiger partial charge < -0.3 is 18.6 Å². The Hall–Kier alpha value is -1.21. The molecule has 1 aliphatic carbocycles. The lowest BCUT2D eigenvalue weighted by Crippen LogP contribution is -2.52. The predicted molar refractivity (Wildman–Crippen MR) is 85.2 cm³/mol. The molecule has 2 aliphatic heterocycles. The minimum absolute atomic E-state index is 0.165. The number of esters is 1. The second-order valence-electron chi connectivity index (χ2n) is 7.58. The highest BCUT2D eigenvalue weighted by atomic mass is 28.4. The van der Waals surface area contributed by atoms with E-state index >= 15 is 0 Å². The summed E-state index contributed by atoms with van der Waals surface area (Å²) in [6, 6.07) is 9.87. The smallest absolute Gasteiger partial charge is 0.337 e. The topological polar surface area (TPSA) is 54.0 Å². The van der Waals surface area contributed by atoms with E-state index in [1.54, 1.807) is 0 Å². The zero-order valence-electron chi connectivity index (χ0n) is 13.7. The molecule has 3 aliphatic rings. The number of fused-ring (bicyclic) bond motifs is 4. The highest BCUT2D eigenvalue weighted by molar-refractivity contribution is 6.70. The number of hydrogen-bond donors (Lipinski definition) is 0. The van der Waals surface area contributed by atoms with E-state index in [2.05, 4.69) is 19.6 Å². The van der Waals surface area contributed by atoms with E-state index in [0.717, 1.165) is 5.56 Å². The number of carbonyl (C=O) groups excluding carboxylic acids is 1. The van der Waals surface area contributed by atoms with Crippen LogP contribution in [-0.4, -0.2) is 38.2 Å². The molecule has 0 amide bonds. The number of rotatable bonds is 3. The van der Waals surface area contributed by atoms with Gasteiger partial charge in [0, 0.05) is 18.4 Å². The van der Waals surface area contributed by atoms with Gasteiger partial charge in [0.2, 0.25) is 0 Å². The van der Waals surface area contributed by atoms with Crippen LogP contribution in [0.15, 0.2) is 30.3 Å². The Morgan fingerprint density at radius 2 is 1.78 bits per heavy atom. The van der Waals surface area contributed by atoms with Crippen LogP contribution in [0.5, 0.6) is 0 Å². The molecule has 0 aromatic heterocycles. The van der Waals surface area contributed by atoms with Crippen molar-refractivity contribution in [3.63, 3.8) is 0 Å². The van der Waals surface area contributed by atoms with Crippen molar-refractivity contribution in [2.45, 2.75) is 62.7 Å². The molecule has 124 valence electrons. The van der Waals surface area contributed by atoms with E-state index in [1.165, 1.54) is 0 Å². The van der Waals surface area contributed by atoms with E-state index in [4.69, 9.17) is 18.6 Å². The summed E-state index contributed by atoms with van der Waals surface area (Å²) in [5, 5.41) is 0. The van der Waals surface area contributed by atoms with Crippen molar-refractivity contribution in [3.05, 3.63) is 35.9 Å². The summed E-state index contributed by atoms with van der Waals surface area (Å²) < 4.78 is 24.0. The first kappa shape index (κ1) is 15.3. The second-order valence-corrected chi connectivity index (χ2v) is 12.0. The molecule has 2 bridgehead atoms. The summed E-state index contributed by atoms with van der Waals surface area (Å²) in [5.41, 5.74) is 0.148. The van der Waals surface area contributed by atoms with Crippen molar-refractivity contribution in [3.8, 4) is 0 Å². The fourth-order valence-corrected chi connectivity index (χ4v) is 5.26. The molecule has 1 saturated carbocycles. The zero-order valence-corrected chi connectivity index (χ0v) is 14.7. The molecule has 0 spiro atoms. The fraction of sp³-hybridized carbons (Fsp3) is 0.588. The third-order valence-electron chi connectivity index (χ3n) is 4.58. The van der Waals surface area contributed by atoms with Crippen LogP contribution in [0.2, 0.25) is 19.6 Å². The first-order valence-electron chi connectivity index (χ1n) is 8.13. The maximum atomic E-state index is 12.4. The van der Waals surface area contributed by atoms with Gasteiger partial charge in [0.1, 0.15) is 12.2 Å². The first-order valence-corrected chi connectivity index (χ1v) is 11.5. The largest absolute Gasteiger partial charge is 0.457 e. The Labute approximate surface area is 137 Å². The quantitative estimate of drug-likeness (QED) is 0.628. The lowest BCUT2D eigenvalue weighted by Gasteiger charge is -2.37. The Morgan fingerprint density at radius 1 is 1.09 bits per heavy atom. The molecule has 3 fully saturated rings. The molecule has 5 nitrogen and oxygen atoms in total. The van der Waals surface area contributed by atoms with Gasteiger partial charge in [-0.25, -0.2) is 4.79 Å². The lowest BCUT2D eigenvalue weighted by molar-refractivity contribution is -0.157. The van der Waals surface area contributed by atoms with Crippen LogP contribution < -0.4 is 0 Å². The predicted octanol–water partition coefficient (Wildman–Crippen LogP) is 2.78. The van der Waals surface area contributed by atoms with Gasteiger partial charge in [0.05, 0.1) is 6.10 Å². The minimum Gasteiger partial charge on any atom is -0.457 e. The van der Waals surface area contributed by atoms with E-state index < -0.39 is 20.2 Å². The highest BCUT2D eigenvalue weighted by Crippen LogP contribution is 2.49. The van der Waals surface area contributed by atoms with Gasteiger partial charge in [-0.05, 0) is 19.6 Å².